The maximum absolute atomic E-state index is 5.65. The molecule has 136 valence electrons. The summed E-state index contributed by atoms with van der Waals surface area (Å²) in [7, 11) is 0. The molecule has 1 aromatic heterocycles. The second-order valence-electron chi connectivity index (χ2n) is 7.01. The molecule has 25 heavy (non-hydrogen) atoms. The van der Waals surface area contributed by atoms with Gasteiger partial charge in [-0.2, -0.15) is 5.10 Å². The van der Waals surface area contributed by atoms with Crippen molar-refractivity contribution >= 4 is 0 Å². The Balaban J connectivity index is 1.50. The van der Waals surface area contributed by atoms with Gasteiger partial charge in [-0.15, -0.1) is 0 Å². The van der Waals surface area contributed by atoms with Gasteiger partial charge in [0, 0.05) is 44.7 Å². The third kappa shape index (κ3) is 5.58. The zero-order valence-corrected chi connectivity index (χ0v) is 15.4. The van der Waals surface area contributed by atoms with E-state index in [1.54, 1.807) is 0 Å². The molecule has 1 saturated heterocycles. The molecule has 5 nitrogen and oxygen atoms in total. The number of H-pyrrole nitrogens is 1. The van der Waals surface area contributed by atoms with E-state index in [0.717, 1.165) is 63.6 Å². The van der Waals surface area contributed by atoms with Crippen molar-refractivity contribution in [3.63, 3.8) is 0 Å². The van der Waals surface area contributed by atoms with Crippen LogP contribution in [0, 0.1) is 0 Å². The highest BCUT2D eigenvalue weighted by atomic mass is 16.5. The van der Waals surface area contributed by atoms with Crippen molar-refractivity contribution in [3.8, 4) is 5.88 Å². The average Bonchev–Trinajstić information content (AvgIpc) is 3.04. The number of ether oxygens (including phenoxy) is 1. The van der Waals surface area contributed by atoms with E-state index in [9.17, 15) is 0 Å². The molecule has 0 aliphatic carbocycles. The Kier molecular flexibility index (Phi) is 6.48. The second kappa shape index (κ2) is 9.02. The highest BCUT2D eigenvalue weighted by Gasteiger charge is 2.15. The van der Waals surface area contributed by atoms with Crippen molar-refractivity contribution in [1.82, 2.24) is 20.4 Å². The topological polar surface area (TPSA) is 53.2 Å². The van der Waals surface area contributed by atoms with Crippen LogP contribution in [-0.2, 0) is 13.0 Å². The Bertz CT molecular complexity index is 637. The molecule has 0 radical (unpaired) electrons. The lowest BCUT2D eigenvalue weighted by atomic mass is 10.1. The standard InChI is InChI=1S/C20H30N4O/c1-3-4-11-25-20-13-19(22-23-20)12-17-5-7-18(8-6-17)15-24-10-9-21-16(2)14-24/h5-8,13,16,21H,3-4,9-12,14-15H2,1-2H3,(H,22,23)/t16-/m1/s1. The first-order chi connectivity index (χ1) is 12.2. The second-order valence-corrected chi connectivity index (χ2v) is 7.01. The van der Waals surface area contributed by atoms with Gasteiger partial charge in [0.2, 0.25) is 5.88 Å². The summed E-state index contributed by atoms with van der Waals surface area (Å²) in [6.45, 7) is 9.52. The Morgan fingerprint density at radius 3 is 2.80 bits per heavy atom. The fourth-order valence-corrected chi connectivity index (χ4v) is 3.22. The summed E-state index contributed by atoms with van der Waals surface area (Å²) in [5.74, 6) is 0.771. The maximum atomic E-state index is 5.65. The fraction of sp³-hybridized carbons (Fsp3) is 0.550. The van der Waals surface area contributed by atoms with Gasteiger partial charge < -0.3 is 10.1 Å². The number of piperazine rings is 1. The third-order valence-electron chi connectivity index (χ3n) is 4.63. The Morgan fingerprint density at radius 2 is 2.04 bits per heavy atom. The molecule has 0 spiro atoms. The lowest BCUT2D eigenvalue weighted by Crippen LogP contribution is -2.48. The quantitative estimate of drug-likeness (QED) is 0.724. The van der Waals surface area contributed by atoms with Crippen molar-refractivity contribution in [2.45, 2.75) is 45.7 Å². The minimum atomic E-state index is 0.585. The third-order valence-corrected chi connectivity index (χ3v) is 4.63. The number of aromatic amines is 1. The summed E-state index contributed by atoms with van der Waals surface area (Å²) in [5.41, 5.74) is 3.68. The number of hydrogen-bond acceptors (Lipinski definition) is 4. The number of aromatic nitrogens is 2. The van der Waals surface area contributed by atoms with Gasteiger partial charge >= 0.3 is 0 Å². The normalized spacial score (nSPS) is 18.4. The van der Waals surface area contributed by atoms with Crippen LogP contribution in [0.1, 0.15) is 43.5 Å². The van der Waals surface area contributed by atoms with Crippen molar-refractivity contribution in [2.75, 3.05) is 26.2 Å². The molecule has 1 aromatic carbocycles. The van der Waals surface area contributed by atoms with Crippen LogP contribution in [0.25, 0.3) is 0 Å². The summed E-state index contributed by atoms with van der Waals surface area (Å²) in [5, 5.41) is 10.8. The molecular formula is C20H30N4O. The maximum Gasteiger partial charge on any atom is 0.209 e. The molecule has 0 bridgehead atoms. The molecule has 0 unspecified atom stereocenters. The summed E-state index contributed by atoms with van der Waals surface area (Å²) in [6.07, 6.45) is 3.04. The van der Waals surface area contributed by atoms with Crippen molar-refractivity contribution in [3.05, 3.63) is 47.2 Å². The number of unbranched alkanes of at least 4 members (excludes halogenated alkanes) is 1. The zero-order chi connectivity index (χ0) is 17.5. The van der Waals surface area contributed by atoms with E-state index in [2.05, 4.69) is 58.5 Å². The van der Waals surface area contributed by atoms with E-state index >= 15 is 0 Å². The fourth-order valence-electron chi connectivity index (χ4n) is 3.22. The summed E-state index contributed by atoms with van der Waals surface area (Å²) >= 11 is 0. The lowest BCUT2D eigenvalue weighted by molar-refractivity contribution is 0.199. The average molecular weight is 342 g/mol. The van der Waals surface area contributed by atoms with Crippen LogP contribution in [0.5, 0.6) is 5.88 Å². The SMILES string of the molecule is CCCCOc1cc(Cc2ccc(CN3CCN[C@H](C)C3)cc2)n[nH]1. The smallest absolute Gasteiger partial charge is 0.209 e. The van der Waals surface area contributed by atoms with Crippen LogP contribution < -0.4 is 10.1 Å². The monoisotopic (exact) mass is 342 g/mol. The van der Waals surface area contributed by atoms with Crippen LogP contribution in [0.3, 0.4) is 0 Å². The van der Waals surface area contributed by atoms with E-state index in [0.29, 0.717) is 6.04 Å². The predicted octanol–water partition coefficient (Wildman–Crippen LogP) is 2.97. The highest BCUT2D eigenvalue weighted by Crippen LogP contribution is 2.15. The largest absolute Gasteiger partial charge is 0.478 e. The number of rotatable bonds is 8. The van der Waals surface area contributed by atoms with E-state index in [4.69, 9.17) is 4.74 Å². The lowest BCUT2D eigenvalue weighted by Gasteiger charge is -2.31. The molecule has 0 saturated carbocycles. The molecule has 0 amide bonds. The molecule has 2 N–H and O–H groups in total. The zero-order valence-electron chi connectivity index (χ0n) is 15.4. The van der Waals surface area contributed by atoms with Crippen molar-refractivity contribution < 1.29 is 4.74 Å². The van der Waals surface area contributed by atoms with Gasteiger partial charge in [-0.3, -0.25) is 4.90 Å². The molecule has 2 heterocycles. The first-order valence-corrected chi connectivity index (χ1v) is 9.43. The predicted molar refractivity (Wildman–Crippen MR) is 101 cm³/mol. The van der Waals surface area contributed by atoms with E-state index in [1.165, 1.54) is 11.1 Å². The minimum Gasteiger partial charge on any atom is -0.478 e. The van der Waals surface area contributed by atoms with Crippen molar-refractivity contribution in [2.24, 2.45) is 0 Å². The molecule has 1 atom stereocenters. The molecule has 3 rings (SSSR count). The molecular weight excluding hydrogens is 312 g/mol. The Morgan fingerprint density at radius 1 is 1.24 bits per heavy atom. The first-order valence-electron chi connectivity index (χ1n) is 9.43. The van der Waals surface area contributed by atoms with Gasteiger partial charge in [-0.25, -0.2) is 5.10 Å². The molecule has 2 aromatic rings. The number of hydrogen-bond donors (Lipinski definition) is 2. The summed E-state index contributed by atoms with van der Waals surface area (Å²) in [6, 6.07) is 11.5. The minimum absolute atomic E-state index is 0.585. The van der Waals surface area contributed by atoms with Gasteiger partial charge in [0.15, 0.2) is 0 Å². The molecule has 1 aliphatic rings. The summed E-state index contributed by atoms with van der Waals surface area (Å²) in [4.78, 5) is 2.52. The van der Waals surface area contributed by atoms with Crippen LogP contribution in [0.4, 0.5) is 0 Å². The van der Waals surface area contributed by atoms with Crippen LogP contribution >= 0.6 is 0 Å². The Labute approximate surface area is 150 Å². The van der Waals surface area contributed by atoms with Crippen LogP contribution in [0.15, 0.2) is 30.3 Å². The highest BCUT2D eigenvalue weighted by molar-refractivity contribution is 5.27. The van der Waals surface area contributed by atoms with Crippen LogP contribution in [0.2, 0.25) is 0 Å². The molecule has 1 fully saturated rings. The molecule has 1 aliphatic heterocycles. The Hall–Kier alpha value is -1.85. The van der Waals surface area contributed by atoms with E-state index < -0.39 is 0 Å². The van der Waals surface area contributed by atoms with Gasteiger partial charge in [-0.1, -0.05) is 37.6 Å². The van der Waals surface area contributed by atoms with E-state index in [-0.39, 0.29) is 0 Å². The summed E-state index contributed by atoms with van der Waals surface area (Å²) < 4.78 is 5.65. The van der Waals surface area contributed by atoms with E-state index in [1.807, 2.05) is 6.07 Å². The van der Waals surface area contributed by atoms with Gasteiger partial charge in [0.25, 0.3) is 0 Å². The first kappa shape index (κ1) is 18.0. The number of nitrogens with zero attached hydrogens (tertiary/aromatic N) is 2. The molecule has 5 heteroatoms. The van der Waals surface area contributed by atoms with Crippen molar-refractivity contribution in [1.29, 1.82) is 0 Å². The number of benzene rings is 1. The van der Waals surface area contributed by atoms with Gasteiger partial charge in [0.05, 0.1) is 12.3 Å². The van der Waals surface area contributed by atoms with Gasteiger partial charge in [-0.05, 0) is 24.5 Å². The van der Waals surface area contributed by atoms with Gasteiger partial charge in [0.1, 0.15) is 0 Å². The number of nitrogens with one attached hydrogen (secondary N) is 2. The van der Waals surface area contributed by atoms with Crippen LogP contribution in [-0.4, -0.2) is 47.4 Å².